The molecule has 0 aliphatic carbocycles. The van der Waals surface area contributed by atoms with E-state index in [0.717, 1.165) is 45.6 Å². The summed E-state index contributed by atoms with van der Waals surface area (Å²) in [5.74, 6) is 1.41. The number of aromatic nitrogens is 3. The molecule has 0 saturated carbocycles. The fourth-order valence-electron chi connectivity index (χ4n) is 4.25. The molecule has 0 unspecified atom stereocenters. The molecule has 1 atom stereocenters. The smallest absolute Gasteiger partial charge is 0.246 e. The van der Waals surface area contributed by atoms with Crippen molar-refractivity contribution >= 4 is 28.4 Å². The third kappa shape index (κ3) is 3.98. The first-order chi connectivity index (χ1) is 16.0. The van der Waals surface area contributed by atoms with Crippen LogP contribution in [0.1, 0.15) is 18.0 Å². The highest BCUT2D eigenvalue weighted by Crippen LogP contribution is 2.34. The zero-order valence-electron chi connectivity index (χ0n) is 18.2. The van der Waals surface area contributed by atoms with Crippen LogP contribution < -0.4 is 4.74 Å². The number of likely N-dealkylation sites (tertiary alicyclic amines) is 1. The van der Waals surface area contributed by atoms with E-state index in [0.29, 0.717) is 18.1 Å². The van der Waals surface area contributed by atoms with Gasteiger partial charge in [-0.1, -0.05) is 24.2 Å². The van der Waals surface area contributed by atoms with Crippen LogP contribution in [0.3, 0.4) is 0 Å². The second-order valence-corrected chi connectivity index (χ2v) is 8.51. The average molecular weight is 459 g/mol. The molecule has 1 aliphatic heterocycles. The molecule has 166 valence electrons. The third-order valence-electron chi connectivity index (χ3n) is 6.08. The van der Waals surface area contributed by atoms with Crippen LogP contribution in [0.4, 0.5) is 0 Å². The first-order valence-corrected chi connectivity index (χ1v) is 11.2. The normalized spacial score (nSPS) is 15.7. The van der Waals surface area contributed by atoms with Gasteiger partial charge in [-0.15, -0.1) is 0 Å². The summed E-state index contributed by atoms with van der Waals surface area (Å²) in [5, 5.41) is 6.61. The molecule has 6 nitrogen and oxygen atoms in total. The summed E-state index contributed by atoms with van der Waals surface area (Å²) in [6, 6.07) is 15.6. The van der Waals surface area contributed by atoms with Gasteiger partial charge in [0, 0.05) is 47.0 Å². The second-order valence-electron chi connectivity index (χ2n) is 8.11. The van der Waals surface area contributed by atoms with E-state index in [1.165, 1.54) is 6.08 Å². The lowest BCUT2D eigenvalue weighted by atomic mass is 10.1. The number of amides is 1. The highest BCUT2D eigenvalue weighted by Gasteiger charge is 2.28. The monoisotopic (exact) mass is 458 g/mol. The number of ether oxygens (including phenoxy) is 1. The molecule has 1 aliphatic rings. The molecule has 2 aromatic carbocycles. The molecule has 5 rings (SSSR count). The standard InChI is InChI=1S/C26H23ClN4O2/c1-3-25(32)30-14-12-19(16-30)31-23-11-13-28-15-21(23)26(29-31)18-7-9-20(10-8-18)33-24-6-4-5-22(27)17(24)2/h3-11,13,15,19H,1,12,14,16H2,2H3/t19-/m1/s1. The van der Waals surface area contributed by atoms with Crippen molar-refractivity contribution in [2.45, 2.75) is 19.4 Å². The van der Waals surface area contributed by atoms with E-state index < -0.39 is 0 Å². The maximum Gasteiger partial charge on any atom is 0.246 e. The van der Waals surface area contributed by atoms with Crippen LogP contribution in [0, 0.1) is 6.92 Å². The van der Waals surface area contributed by atoms with E-state index in [1.54, 1.807) is 6.20 Å². The minimum absolute atomic E-state index is 0.0404. The van der Waals surface area contributed by atoms with Crippen molar-refractivity contribution in [1.29, 1.82) is 0 Å². The molecule has 0 spiro atoms. The Morgan fingerprint density at radius 2 is 2.03 bits per heavy atom. The number of benzene rings is 2. The number of hydrogen-bond donors (Lipinski definition) is 0. The number of pyridine rings is 1. The van der Waals surface area contributed by atoms with Gasteiger partial charge in [-0.05, 0) is 61.9 Å². The molecule has 0 radical (unpaired) electrons. The summed E-state index contributed by atoms with van der Waals surface area (Å²) in [5.41, 5.74) is 3.74. The first kappa shape index (κ1) is 21.2. The van der Waals surface area contributed by atoms with E-state index in [9.17, 15) is 4.79 Å². The molecule has 4 aromatic rings. The largest absolute Gasteiger partial charge is 0.457 e. The molecule has 3 heterocycles. The quantitative estimate of drug-likeness (QED) is 0.354. The summed E-state index contributed by atoms with van der Waals surface area (Å²) in [4.78, 5) is 18.2. The van der Waals surface area contributed by atoms with E-state index in [-0.39, 0.29) is 11.9 Å². The molecule has 0 bridgehead atoms. The maximum atomic E-state index is 12.0. The number of nitrogens with zero attached hydrogens (tertiary/aromatic N) is 4. The van der Waals surface area contributed by atoms with Gasteiger partial charge in [0.25, 0.3) is 0 Å². The molecule has 2 aromatic heterocycles. The number of hydrogen-bond acceptors (Lipinski definition) is 4. The zero-order valence-corrected chi connectivity index (χ0v) is 19.0. The molecule has 1 saturated heterocycles. The Bertz CT molecular complexity index is 1350. The Morgan fingerprint density at radius 3 is 2.82 bits per heavy atom. The second kappa shape index (κ2) is 8.71. The lowest BCUT2D eigenvalue weighted by Crippen LogP contribution is -2.27. The number of carbonyl (C=O) groups is 1. The van der Waals surface area contributed by atoms with Gasteiger partial charge in [-0.2, -0.15) is 5.10 Å². The van der Waals surface area contributed by atoms with Gasteiger partial charge in [0.1, 0.15) is 17.2 Å². The number of carbonyl (C=O) groups excluding carboxylic acids is 1. The fraction of sp³-hybridized carbons (Fsp3) is 0.192. The maximum absolute atomic E-state index is 12.0. The molecule has 0 N–H and O–H groups in total. The Hall–Kier alpha value is -3.64. The van der Waals surface area contributed by atoms with Crippen LogP contribution in [-0.4, -0.2) is 38.7 Å². The van der Waals surface area contributed by atoms with Gasteiger partial charge < -0.3 is 9.64 Å². The van der Waals surface area contributed by atoms with E-state index in [1.807, 2.05) is 71.2 Å². The van der Waals surface area contributed by atoms with E-state index in [2.05, 4.69) is 11.6 Å². The first-order valence-electron chi connectivity index (χ1n) is 10.8. The molecule has 7 heteroatoms. The highest BCUT2D eigenvalue weighted by molar-refractivity contribution is 6.31. The van der Waals surface area contributed by atoms with Crippen LogP contribution >= 0.6 is 11.6 Å². The third-order valence-corrected chi connectivity index (χ3v) is 6.49. The van der Waals surface area contributed by atoms with Crippen LogP contribution in [0.15, 0.2) is 73.6 Å². The van der Waals surface area contributed by atoms with Gasteiger partial charge in [0.2, 0.25) is 5.91 Å². The fourth-order valence-corrected chi connectivity index (χ4v) is 4.42. The van der Waals surface area contributed by atoms with Crippen LogP contribution in [0.2, 0.25) is 5.02 Å². The zero-order chi connectivity index (χ0) is 22.9. The Balaban J connectivity index is 1.45. The summed E-state index contributed by atoms with van der Waals surface area (Å²) in [6.07, 6.45) is 5.84. The van der Waals surface area contributed by atoms with Crippen molar-refractivity contribution in [3.63, 3.8) is 0 Å². The minimum atomic E-state index is -0.0404. The summed E-state index contributed by atoms with van der Waals surface area (Å²) < 4.78 is 8.06. The Morgan fingerprint density at radius 1 is 1.21 bits per heavy atom. The predicted molar refractivity (Wildman–Crippen MR) is 130 cm³/mol. The van der Waals surface area contributed by atoms with Gasteiger partial charge in [-0.25, -0.2) is 0 Å². The van der Waals surface area contributed by atoms with Gasteiger partial charge in [0.15, 0.2) is 0 Å². The van der Waals surface area contributed by atoms with Gasteiger partial charge >= 0.3 is 0 Å². The van der Waals surface area contributed by atoms with E-state index in [4.69, 9.17) is 21.4 Å². The van der Waals surface area contributed by atoms with Crippen LogP contribution in [0.5, 0.6) is 11.5 Å². The Labute approximate surface area is 197 Å². The van der Waals surface area contributed by atoms with E-state index >= 15 is 0 Å². The van der Waals surface area contributed by atoms with Crippen molar-refractivity contribution in [1.82, 2.24) is 19.7 Å². The number of halogens is 1. The lowest BCUT2D eigenvalue weighted by Gasteiger charge is -2.15. The van der Waals surface area contributed by atoms with Crippen molar-refractivity contribution < 1.29 is 9.53 Å². The SMILES string of the molecule is C=CC(=O)N1CC[C@@H](n2nc(-c3ccc(Oc4cccc(Cl)c4C)cc3)c3cnccc32)C1. The van der Waals surface area contributed by atoms with Gasteiger partial charge in [0.05, 0.1) is 11.6 Å². The molecule has 1 amide bonds. The highest BCUT2D eigenvalue weighted by atomic mass is 35.5. The lowest BCUT2D eigenvalue weighted by molar-refractivity contribution is -0.125. The topological polar surface area (TPSA) is 60.2 Å². The predicted octanol–water partition coefficient (Wildman–Crippen LogP) is 5.81. The summed E-state index contributed by atoms with van der Waals surface area (Å²) in [7, 11) is 0. The number of fused-ring (bicyclic) bond motifs is 1. The molecule has 1 fully saturated rings. The Kier molecular flexibility index (Phi) is 5.60. The molecule has 33 heavy (non-hydrogen) atoms. The van der Waals surface area contributed by atoms with Crippen molar-refractivity contribution in [2.24, 2.45) is 0 Å². The molecular formula is C26H23ClN4O2. The summed E-state index contributed by atoms with van der Waals surface area (Å²) >= 11 is 6.21. The van der Waals surface area contributed by atoms with Crippen LogP contribution in [0.25, 0.3) is 22.2 Å². The average Bonchev–Trinajstić information content (AvgIpc) is 3.47. The van der Waals surface area contributed by atoms with Crippen LogP contribution in [-0.2, 0) is 4.79 Å². The molecular weight excluding hydrogens is 436 g/mol. The minimum Gasteiger partial charge on any atom is -0.457 e. The number of rotatable bonds is 5. The van der Waals surface area contributed by atoms with Crippen molar-refractivity contribution in [2.75, 3.05) is 13.1 Å². The van der Waals surface area contributed by atoms with Crippen molar-refractivity contribution in [3.8, 4) is 22.8 Å². The van der Waals surface area contributed by atoms with Gasteiger partial charge in [-0.3, -0.25) is 14.5 Å². The van der Waals surface area contributed by atoms with Crippen molar-refractivity contribution in [3.05, 3.63) is 84.2 Å². The summed E-state index contributed by atoms with van der Waals surface area (Å²) in [6.45, 7) is 6.86.